The lowest BCUT2D eigenvalue weighted by atomic mass is 9.45. The van der Waals surface area contributed by atoms with Crippen molar-refractivity contribution in [1.82, 2.24) is 0 Å². The summed E-state index contributed by atoms with van der Waals surface area (Å²) in [5.41, 5.74) is 0.968. The van der Waals surface area contributed by atoms with Crippen molar-refractivity contribution in [2.24, 2.45) is 34.5 Å². The van der Waals surface area contributed by atoms with Crippen molar-refractivity contribution in [3.63, 3.8) is 0 Å². The van der Waals surface area contributed by atoms with Crippen LogP contribution < -0.4 is 0 Å². The molecule has 4 aliphatic carbocycles. The second-order valence-corrected chi connectivity index (χ2v) is 8.58. The molecule has 3 fully saturated rings. The average Bonchev–Trinajstić information content (AvgIpc) is 2.81. The number of rotatable bonds is 0. The van der Waals surface area contributed by atoms with E-state index < -0.39 is 0 Å². The van der Waals surface area contributed by atoms with Crippen LogP contribution in [0.15, 0.2) is 12.2 Å². The molecule has 20 heavy (non-hydrogen) atoms. The van der Waals surface area contributed by atoms with E-state index in [4.69, 9.17) is 0 Å². The van der Waals surface area contributed by atoms with Gasteiger partial charge in [0.15, 0.2) is 0 Å². The summed E-state index contributed by atoms with van der Waals surface area (Å²) in [6.45, 7) is 5.03. The minimum atomic E-state index is 0.473. The Morgan fingerprint density at radius 2 is 1.95 bits per heavy atom. The van der Waals surface area contributed by atoms with Crippen molar-refractivity contribution >= 4 is 5.78 Å². The first-order valence-electron chi connectivity index (χ1n) is 8.72. The van der Waals surface area contributed by atoms with E-state index in [1.807, 2.05) is 0 Å². The molecule has 0 spiro atoms. The summed E-state index contributed by atoms with van der Waals surface area (Å²) in [5, 5.41) is 0. The van der Waals surface area contributed by atoms with Crippen LogP contribution in [0.5, 0.6) is 0 Å². The first-order chi connectivity index (χ1) is 9.53. The third-order valence-electron chi connectivity index (χ3n) is 7.81. The largest absolute Gasteiger partial charge is 0.300 e. The van der Waals surface area contributed by atoms with E-state index in [0.717, 1.165) is 30.6 Å². The Morgan fingerprint density at radius 1 is 1.10 bits per heavy atom. The quantitative estimate of drug-likeness (QED) is 0.581. The molecule has 110 valence electrons. The summed E-state index contributed by atoms with van der Waals surface area (Å²) in [4.78, 5) is 11.8. The van der Waals surface area contributed by atoms with Crippen LogP contribution in [0.4, 0.5) is 0 Å². The number of hydrogen-bond donors (Lipinski definition) is 0. The van der Waals surface area contributed by atoms with Crippen molar-refractivity contribution in [3.8, 4) is 0 Å². The fourth-order valence-corrected chi connectivity index (χ4v) is 6.53. The molecule has 1 heteroatoms. The Labute approximate surface area is 123 Å². The highest BCUT2D eigenvalue weighted by molar-refractivity contribution is 5.79. The Balaban J connectivity index is 1.64. The van der Waals surface area contributed by atoms with Crippen LogP contribution in [-0.4, -0.2) is 5.78 Å². The van der Waals surface area contributed by atoms with Crippen molar-refractivity contribution < 1.29 is 4.79 Å². The molecule has 0 saturated heterocycles. The number of ketones is 1. The van der Waals surface area contributed by atoms with E-state index in [2.05, 4.69) is 26.0 Å². The van der Waals surface area contributed by atoms with Crippen LogP contribution in [0.1, 0.15) is 65.2 Å². The van der Waals surface area contributed by atoms with Crippen molar-refractivity contribution in [2.45, 2.75) is 65.2 Å². The smallest absolute Gasteiger partial charge is 0.133 e. The molecule has 0 unspecified atom stereocenters. The maximum Gasteiger partial charge on any atom is 0.133 e. The van der Waals surface area contributed by atoms with Gasteiger partial charge in [-0.25, -0.2) is 0 Å². The Hall–Kier alpha value is -0.590. The number of allylic oxidation sites excluding steroid dienone is 2. The molecule has 0 amide bonds. The van der Waals surface area contributed by atoms with Crippen LogP contribution in [0.25, 0.3) is 0 Å². The minimum absolute atomic E-state index is 0.473. The zero-order chi connectivity index (χ0) is 14.0. The molecule has 0 aliphatic heterocycles. The van der Waals surface area contributed by atoms with Gasteiger partial charge in [-0.3, -0.25) is 4.79 Å². The molecule has 1 nitrogen and oxygen atoms in total. The lowest BCUT2D eigenvalue weighted by molar-refractivity contribution is -0.136. The summed E-state index contributed by atoms with van der Waals surface area (Å²) in [7, 11) is 0. The van der Waals surface area contributed by atoms with Crippen LogP contribution in [0, 0.1) is 34.5 Å². The monoisotopic (exact) mass is 272 g/mol. The third kappa shape index (κ3) is 1.64. The lowest BCUT2D eigenvalue weighted by Crippen LogP contribution is -2.52. The second kappa shape index (κ2) is 4.21. The van der Waals surface area contributed by atoms with Gasteiger partial charge in [-0.05, 0) is 73.0 Å². The average molecular weight is 272 g/mol. The Kier molecular flexibility index (Phi) is 2.76. The molecule has 6 atom stereocenters. The fourth-order valence-electron chi connectivity index (χ4n) is 6.53. The van der Waals surface area contributed by atoms with Crippen molar-refractivity contribution in [3.05, 3.63) is 12.2 Å². The van der Waals surface area contributed by atoms with E-state index in [9.17, 15) is 4.79 Å². The molecule has 0 radical (unpaired) electrons. The van der Waals surface area contributed by atoms with Crippen LogP contribution in [0.3, 0.4) is 0 Å². The first kappa shape index (κ1) is 13.1. The van der Waals surface area contributed by atoms with Gasteiger partial charge >= 0.3 is 0 Å². The number of carbonyl (C=O) groups excluding carboxylic acids is 1. The highest BCUT2D eigenvalue weighted by Gasteiger charge is 2.56. The predicted molar refractivity (Wildman–Crippen MR) is 81.3 cm³/mol. The molecule has 0 aromatic rings. The number of hydrogen-bond acceptors (Lipinski definition) is 1. The number of carbonyl (C=O) groups is 1. The highest BCUT2D eigenvalue weighted by Crippen LogP contribution is 2.64. The Morgan fingerprint density at radius 3 is 2.80 bits per heavy atom. The summed E-state index contributed by atoms with van der Waals surface area (Å²) >= 11 is 0. The molecule has 0 heterocycles. The molecular weight excluding hydrogens is 244 g/mol. The highest BCUT2D eigenvalue weighted by atomic mass is 16.1. The van der Waals surface area contributed by atoms with Crippen molar-refractivity contribution in [1.29, 1.82) is 0 Å². The van der Waals surface area contributed by atoms with Gasteiger partial charge in [-0.1, -0.05) is 26.0 Å². The topological polar surface area (TPSA) is 17.1 Å². The summed E-state index contributed by atoms with van der Waals surface area (Å²) in [5.74, 6) is 3.96. The third-order valence-corrected chi connectivity index (χ3v) is 7.81. The maximum atomic E-state index is 11.8. The molecule has 0 aromatic carbocycles. The normalized spacial score (nSPS) is 54.2. The maximum absolute atomic E-state index is 11.8. The zero-order valence-electron chi connectivity index (χ0n) is 13.0. The van der Waals surface area contributed by atoms with Crippen LogP contribution in [-0.2, 0) is 4.79 Å². The van der Waals surface area contributed by atoms with Gasteiger partial charge in [0.25, 0.3) is 0 Å². The summed E-state index contributed by atoms with van der Waals surface area (Å²) in [6, 6.07) is 0. The Bertz CT molecular complexity index is 464. The van der Waals surface area contributed by atoms with Crippen LogP contribution in [0.2, 0.25) is 0 Å². The van der Waals surface area contributed by atoms with E-state index >= 15 is 0 Å². The molecule has 4 rings (SSSR count). The molecular formula is C19H28O. The molecule has 4 aliphatic rings. The van der Waals surface area contributed by atoms with Gasteiger partial charge in [0.05, 0.1) is 0 Å². The van der Waals surface area contributed by atoms with Gasteiger partial charge in [0, 0.05) is 12.8 Å². The SMILES string of the molecule is C[C@@]12CCC(=O)C[C@@H]1CC[C@H]1[C@@H]2CC[C@@]2(C)C=CC[C@@H]12. The fraction of sp³-hybridized carbons (Fsp3) is 0.842. The minimum Gasteiger partial charge on any atom is -0.300 e. The van der Waals surface area contributed by atoms with E-state index in [-0.39, 0.29) is 0 Å². The standard InChI is InChI=1S/C19H28O/c1-18-9-3-4-16(18)15-6-5-13-12-14(20)7-11-19(13,2)17(15)8-10-18/h3,9,13,15-17H,4-8,10-12H2,1-2H3/t13-,15+,16-,17-,18+,19+/m0/s1. The van der Waals surface area contributed by atoms with E-state index in [1.165, 1.54) is 38.5 Å². The predicted octanol–water partition coefficient (Wildman–Crippen LogP) is 4.76. The second-order valence-electron chi connectivity index (χ2n) is 8.58. The van der Waals surface area contributed by atoms with E-state index in [1.54, 1.807) is 0 Å². The number of Topliss-reactive ketones (excluding diaryl/α,β-unsaturated/α-hetero) is 1. The van der Waals surface area contributed by atoms with Gasteiger partial charge in [-0.2, -0.15) is 0 Å². The summed E-state index contributed by atoms with van der Waals surface area (Å²) < 4.78 is 0. The molecule has 3 saturated carbocycles. The van der Waals surface area contributed by atoms with Gasteiger partial charge in [0.2, 0.25) is 0 Å². The zero-order valence-corrected chi connectivity index (χ0v) is 13.0. The molecule has 0 N–H and O–H groups in total. The molecule has 0 aromatic heterocycles. The number of fused-ring (bicyclic) bond motifs is 5. The van der Waals surface area contributed by atoms with E-state index in [0.29, 0.717) is 22.5 Å². The first-order valence-corrected chi connectivity index (χ1v) is 8.72. The van der Waals surface area contributed by atoms with Gasteiger partial charge < -0.3 is 0 Å². The van der Waals surface area contributed by atoms with Gasteiger partial charge in [-0.15, -0.1) is 0 Å². The van der Waals surface area contributed by atoms with Crippen LogP contribution >= 0.6 is 0 Å². The lowest BCUT2D eigenvalue weighted by Gasteiger charge is -2.59. The molecule has 0 bridgehead atoms. The summed E-state index contributed by atoms with van der Waals surface area (Å²) in [6.07, 6.45) is 14.7. The van der Waals surface area contributed by atoms with Gasteiger partial charge in [0.1, 0.15) is 5.78 Å². The van der Waals surface area contributed by atoms with Crippen molar-refractivity contribution in [2.75, 3.05) is 0 Å².